The Morgan fingerprint density at radius 1 is 1.25 bits per heavy atom. The Kier molecular flexibility index (Phi) is 3.11. The second-order valence-electron chi connectivity index (χ2n) is 4.18. The molecule has 2 aromatic heterocycles. The number of aryl methyl sites for hydroxylation is 1. The average Bonchev–Trinajstić information content (AvgIpc) is 2.84. The molecule has 1 aromatic carbocycles. The Labute approximate surface area is 123 Å². The van der Waals surface area contributed by atoms with Crippen molar-refractivity contribution in [3.05, 3.63) is 50.5 Å². The smallest absolute Gasteiger partial charge is 0.258 e. The Morgan fingerprint density at radius 2 is 2.05 bits per heavy atom. The van der Waals surface area contributed by atoms with Gasteiger partial charge in [0.15, 0.2) is 5.82 Å². The third kappa shape index (κ3) is 2.13. The van der Waals surface area contributed by atoms with Crippen molar-refractivity contribution in [3.63, 3.8) is 0 Å². The fraction of sp³-hybridized carbons (Fsp3) is 0.0769. The van der Waals surface area contributed by atoms with E-state index in [1.54, 1.807) is 23.5 Å². The molecule has 0 atom stereocenters. The van der Waals surface area contributed by atoms with Gasteiger partial charge in [0, 0.05) is 10.9 Å². The molecule has 0 amide bonds. The van der Waals surface area contributed by atoms with E-state index in [4.69, 9.17) is 11.6 Å². The molecule has 2 heterocycles. The van der Waals surface area contributed by atoms with Gasteiger partial charge in [0.25, 0.3) is 5.69 Å². The van der Waals surface area contributed by atoms with Gasteiger partial charge in [-0.2, -0.15) is 0 Å². The lowest BCUT2D eigenvalue weighted by molar-refractivity contribution is -0.383. The summed E-state index contributed by atoms with van der Waals surface area (Å²) in [5, 5.41) is 11.4. The second-order valence-corrected chi connectivity index (χ2v) is 5.82. The summed E-state index contributed by atoms with van der Waals surface area (Å²) in [5.41, 5.74) is 0.390. The van der Waals surface area contributed by atoms with Gasteiger partial charge in [-0.05, 0) is 25.1 Å². The fourth-order valence-electron chi connectivity index (χ4n) is 1.94. The van der Waals surface area contributed by atoms with E-state index < -0.39 is 4.92 Å². The number of nitrogens with zero attached hydrogens (tertiary/aromatic N) is 3. The highest BCUT2D eigenvalue weighted by atomic mass is 35.5. The molecule has 0 aliphatic carbocycles. The predicted molar refractivity (Wildman–Crippen MR) is 79.3 cm³/mol. The first-order valence-electron chi connectivity index (χ1n) is 5.74. The number of thiophene rings is 1. The number of aromatic nitrogens is 2. The summed E-state index contributed by atoms with van der Waals surface area (Å²) < 4.78 is 0. The molecule has 3 aromatic rings. The monoisotopic (exact) mass is 305 g/mol. The van der Waals surface area contributed by atoms with Crippen LogP contribution in [0.3, 0.4) is 0 Å². The first-order chi connectivity index (χ1) is 9.56. The number of nitro benzene ring substituents is 1. The average molecular weight is 306 g/mol. The molecule has 0 saturated carbocycles. The summed E-state index contributed by atoms with van der Waals surface area (Å²) in [6.07, 6.45) is 0. The molecule has 0 N–H and O–H groups in total. The number of non-ortho nitro benzene ring substituents is 1. The molecular weight excluding hydrogens is 298 g/mol. The maximum atomic E-state index is 11.0. The summed E-state index contributed by atoms with van der Waals surface area (Å²) in [5.74, 6) is 0.487. The second kappa shape index (κ2) is 4.81. The van der Waals surface area contributed by atoms with Crippen molar-refractivity contribution in [2.45, 2.75) is 6.92 Å². The molecule has 3 rings (SSSR count). The first kappa shape index (κ1) is 13.0. The molecule has 0 aliphatic heterocycles. The van der Waals surface area contributed by atoms with E-state index in [0.717, 1.165) is 9.75 Å². The molecule has 0 aliphatic rings. The summed E-state index contributed by atoms with van der Waals surface area (Å²) >= 11 is 7.67. The van der Waals surface area contributed by atoms with Crippen LogP contribution in [0.5, 0.6) is 0 Å². The van der Waals surface area contributed by atoms with Crippen molar-refractivity contribution in [1.82, 2.24) is 9.97 Å². The van der Waals surface area contributed by atoms with Gasteiger partial charge in [-0.1, -0.05) is 17.7 Å². The van der Waals surface area contributed by atoms with Crippen molar-refractivity contribution in [2.24, 2.45) is 0 Å². The predicted octanol–water partition coefficient (Wildman–Crippen LogP) is 4.23. The standard InChI is InChI=1S/C13H8ClN3O2S/c1-7-5-6-10(20-7)13-15-8-3-2-4-9(17(18)19)11(8)12(14)16-13/h2-6H,1H3. The topological polar surface area (TPSA) is 68.9 Å². The number of nitro groups is 1. The zero-order chi connectivity index (χ0) is 14.3. The molecule has 0 spiro atoms. The van der Waals surface area contributed by atoms with Gasteiger partial charge in [0.1, 0.15) is 10.5 Å². The van der Waals surface area contributed by atoms with E-state index in [2.05, 4.69) is 9.97 Å². The van der Waals surface area contributed by atoms with E-state index in [9.17, 15) is 10.1 Å². The summed E-state index contributed by atoms with van der Waals surface area (Å²) in [6.45, 7) is 1.99. The van der Waals surface area contributed by atoms with E-state index in [1.165, 1.54) is 6.07 Å². The number of hydrogen-bond donors (Lipinski definition) is 0. The van der Waals surface area contributed by atoms with Crippen LogP contribution < -0.4 is 0 Å². The van der Waals surface area contributed by atoms with Crippen molar-refractivity contribution in [1.29, 1.82) is 0 Å². The van der Waals surface area contributed by atoms with E-state index >= 15 is 0 Å². The molecule has 5 nitrogen and oxygen atoms in total. The van der Waals surface area contributed by atoms with Crippen molar-refractivity contribution < 1.29 is 4.92 Å². The normalized spacial score (nSPS) is 10.9. The summed E-state index contributed by atoms with van der Waals surface area (Å²) in [6, 6.07) is 8.56. The van der Waals surface area contributed by atoms with Crippen LogP contribution >= 0.6 is 22.9 Å². The van der Waals surface area contributed by atoms with Crippen molar-refractivity contribution in [3.8, 4) is 10.7 Å². The van der Waals surface area contributed by atoms with Crippen LogP contribution in [0.2, 0.25) is 5.15 Å². The maximum Gasteiger partial charge on any atom is 0.281 e. The lowest BCUT2D eigenvalue weighted by Gasteiger charge is -2.03. The number of benzene rings is 1. The molecule has 0 radical (unpaired) electrons. The van der Waals surface area contributed by atoms with E-state index in [0.29, 0.717) is 11.3 Å². The van der Waals surface area contributed by atoms with Crippen LogP contribution in [-0.4, -0.2) is 14.9 Å². The van der Waals surface area contributed by atoms with E-state index in [1.807, 2.05) is 19.1 Å². The van der Waals surface area contributed by atoms with Crippen LogP contribution in [0.25, 0.3) is 21.6 Å². The SMILES string of the molecule is Cc1ccc(-c2nc(Cl)c3c([N+](=O)[O-])cccc3n2)s1. The Morgan fingerprint density at radius 3 is 2.70 bits per heavy atom. The van der Waals surface area contributed by atoms with Gasteiger partial charge >= 0.3 is 0 Å². The Bertz CT molecular complexity index is 832. The number of halogens is 1. The third-order valence-corrected chi connectivity index (χ3v) is 4.08. The molecule has 20 heavy (non-hydrogen) atoms. The maximum absolute atomic E-state index is 11.0. The van der Waals surface area contributed by atoms with Crippen LogP contribution in [0, 0.1) is 17.0 Å². The fourth-order valence-corrected chi connectivity index (χ4v) is 3.01. The number of hydrogen-bond acceptors (Lipinski definition) is 5. The summed E-state index contributed by atoms with van der Waals surface area (Å²) in [7, 11) is 0. The minimum Gasteiger partial charge on any atom is -0.258 e. The minimum atomic E-state index is -0.480. The Hall–Kier alpha value is -2.05. The van der Waals surface area contributed by atoms with Crippen LogP contribution in [0.15, 0.2) is 30.3 Å². The third-order valence-electron chi connectivity index (χ3n) is 2.81. The highest BCUT2D eigenvalue weighted by Crippen LogP contribution is 2.33. The molecule has 0 fully saturated rings. The van der Waals surface area contributed by atoms with Crippen LogP contribution in [0.1, 0.15) is 4.88 Å². The minimum absolute atomic E-state index is 0.0820. The molecule has 0 unspecified atom stereocenters. The quantitative estimate of drug-likeness (QED) is 0.403. The lowest BCUT2D eigenvalue weighted by Crippen LogP contribution is -1.95. The number of rotatable bonds is 2. The molecule has 0 saturated heterocycles. The lowest BCUT2D eigenvalue weighted by atomic mass is 10.2. The molecule has 0 bridgehead atoms. The van der Waals surface area contributed by atoms with Crippen molar-refractivity contribution in [2.75, 3.05) is 0 Å². The molecule has 100 valence electrons. The van der Waals surface area contributed by atoms with Gasteiger partial charge in [0.05, 0.1) is 15.3 Å². The van der Waals surface area contributed by atoms with Crippen LogP contribution in [-0.2, 0) is 0 Å². The first-order valence-corrected chi connectivity index (χ1v) is 6.93. The zero-order valence-corrected chi connectivity index (χ0v) is 11.9. The van der Waals surface area contributed by atoms with Crippen molar-refractivity contribution >= 4 is 39.5 Å². The van der Waals surface area contributed by atoms with Gasteiger partial charge in [-0.15, -0.1) is 11.3 Å². The van der Waals surface area contributed by atoms with Gasteiger partial charge < -0.3 is 0 Å². The zero-order valence-electron chi connectivity index (χ0n) is 10.3. The van der Waals surface area contributed by atoms with Gasteiger partial charge in [-0.3, -0.25) is 10.1 Å². The highest BCUT2D eigenvalue weighted by molar-refractivity contribution is 7.15. The molecule has 7 heteroatoms. The summed E-state index contributed by atoms with van der Waals surface area (Å²) in [4.78, 5) is 21.1. The number of fused-ring (bicyclic) bond motifs is 1. The van der Waals surface area contributed by atoms with Crippen LogP contribution in [0.4, 0.5) is 5.69 Å². The Balaban J connectivity index is 2.28. The highest BCUT2D eigenvalue weighted by Gasteiger charge is 2.18. The molecular formula is C13H8ClN3O2S. The largest absolute Gasteiger partial charge is 0.281 e. The van der Waals surface area contributed by atoms with E-state index in [-0.39, 0.29) is 16.2 Å². The van der Waals surface area contributed by atoms with Gasteiger partial charge in [-0.25, -0.2) is 9.97 Å². The van der Waals surface area contributed by atoms with Gasteiger partial charge in [0.2, 0.25) is 0 Å².